The van der Waals surface area contributed by atoms with E-state index < -0.39 is 11.9 Å². The number of aliphatic carboxylic acids is 2. The molecule has 0 aromatic carbocycles. The number of hydrogen-bond acceptors (Lipinski definition) is 8. The number of carbonyl (C=O) groups is 5. The second-order valence-corrected chi connectivity index (χ2v) is 8.16. The molecule has 1 unspecified atom stereocenters. The first-order chi connectivity index (χ1) is 15.2. The summed E-state index contributed by atoms with van der Waals surface area (Å²) in [6, 6.07) is 0. The molecule has 0 saturated carbocycles. The molecule has 2 fully saturated rings. The van der Waals surface area contributed by atoms with Crippen molar-refractivity contribution in [2.75, 3.05) is 72.0 Å². The Kier molecular flexibility index (Phi) is 10.0. The lowest BCUT2D eigenvalue weighted by Gasteiger charge is -2.24. The molecule has 2 saturated heterocycles. The molecule has 12 nitrogen and oxygen atoms in total. The molecule has 2 aliphatic rings. The van der Waals surface area contributed by atoms with E-state index in [9.17, 15) is 24.0 Å². The van der Waals surface area contributed by atoms with E-state index in [4.69, 9.17) is 10.2 Å². The van der Waals surface area contributed by atoms with E-state index >= 15 is 0 Å². The molecule has 180 valence electrons. The normalized spacial score (nSPS) is 21.8. The van der Waals surface area contributed by atoms with Crippen molar-refractivity contribution in [3.8, 4) is 0 Å². The second kappa shape index (κ2) is 12.5. The largest absolute Gasteiger partial charge is 0.480 e. The zero-order chi connectivity index (χ0) is 23.7. The molecule has 2 aliphatic heterocycles. The molecular weight excluding hydrogens is 422 g/mol. The SMILES string of the molecule is CCC1CC(=O)N(CCNC(=O)CN2CCN(CC(=O)O)CCN(CC(=O)O)CC2)C1=O. The number of nitrogens with one attached hydrogen (secondary N) is 1. The maximum Gasteiger partial charge on any atom is 0.317 e. The molecule has 32 heavy (non-hydrogen) atoms. The van der Waals surface area contributed by atoms with Gasteiger partial charge in [-0.1, -0.05) is 6.92 Å². The van der Waals surface area contributed by atoms with Crippen molar-refractivity contribution in [3.63, 3.8) is 0 Å². The quantitative estimate of drug-likeness (QED) is 0.315. The van der Waals surface area contributed by atoms with E-state index in [-0.39, 0.29) is 62.8 Å². The van der Waals surface area contributed by atoms with Gasteiger partial charge in [0.2, 0.25) is 17.7 Å². The minimum absolute atomic E-state index is 0.0568. The van der Waals surface area contributed by atoms with E-state index in [0.717, 1.165) is 0 Å². The first-order valence-corrected chi connectivity index (χ1v) is 10.9. The monoisotopic (exact) mass is 455 g/mol. The fraction of sp³-hybridized carbons (Fsp3) is 0.750. The number of nitrogens with zero attached hydrogens (tertiary/aromatic N) is 4. The van der Waals surface area contributed by atoms with E-state index in [1.807, 2.05) is 11.8 Å². The lowest BCUT2D eigenvalue weighted by Crippen LogP contribution is -2.45. The highest BCUT2D eigenvalue weighted by Gasteiger charge is 2.36. The van der Waals surface area contributed by atoms with Gasteiger partial charge in [0.05, 0.1) is 19.6 Å². The van der Waals surface area contributed by atoms with Crippen molar-refractivity contribution in [3.05, 3.63) is 0 Å². The summed E-state index contributed by atoms with van der Waals surface area (Å²) in [6.07, 6.45) is 0.830. The standard InChI is InChI=1S/C20H33N5O7/c1-2-15-11-17(27)25(20(15)32)4-3-21-16(26)12-22-5-7-23(13-18(28)29)9-10-24(8-6-22)14-19(30)31/h15H,2-14H2,1H3,(H,21,26)(H,28,29)(H,30,31). The summed E-state index contributed by atoms with van der Waals surface area (Å²) in [7, 11) is 0. The lowest BCUT2D eigenvalue weighted by molar-refractivity contribution is -0.140. The Morgan fingerprint density at radius 3 is 1.75 bits per heavy atom. The maximum atomic E-state index is 12.4. The average Bonchev–Trinajstić information content (AvgIpc) is 3.03. The number of likely N-dealkylation sites (tertiary alicyclic amines) is 1. The van der Waals surface area contributed by atoms with E-state index in [1.165, 1.54) is 4.90 Å². The van der Waals surface area contributed by atoms with E-state index in [0.29, 0.717) is 45.7 Å². The predicted octanol–water partition coefficient (Wildman–Crippen LogP) is -2.02. The number of rotatable bonds is 10. The average molecular weight is 456 g/mol. The van der Waals surface area contributed by atoms with Gasteiger partial charge in [0.15, 0.2) is 0 Å². The van der Waals surface area contributed by atoms with Crippen LogP contribution in [0.2, 0.25) is 0 Å². The first kappa shape index (κ1) is 25.7. The third-order valence-corrected chi connectivity index (χ3v) is 5.77. The number of carbonyl (C=O) groups excluding carboxylic acids is 3. The Labute approximate surface area is 187 Å². The van der Waals surface area contributed by atoms with Crippen LogP contribution in [-0.4, -0.2) is 131 Å². The third kappa shape index (κ3) is 8.17. The van der Waals surface area contributed by atoms with Crippen LogP contribution in [-0.2, 0) is 24.0 Å². The van der Waals surface area contributed by atoms with Crippen molar-refractivity contribution in [2.24, 2.45) is 5.92 Å². The summed E-state index contributed by atoms with van der Waals surface area (Å²) in [4.78, 5) is 65.2. The molecule has 12 heteroatoms. The number of carboxylic acids is 2. The molecule has 1 atom stereocenters. The molecule has 3 amide bonds. The van der Waals surface area contributed by atoms with Crippen LogP contribution in [0.15, 0.2) is 0 Å². The molecule has 0 aromatic rings. The van der Waals surface area contributed by atoms with Gasteiger partial charge in [-0.3, -0.25) is 43.6 Å². The minimum atomic E-state index is -0.963. The number of hydrogen-bond donors (Lipinski definition) is 3. The van der Waals surface area contributed by atoms with Gasteiger partial charge in [-0.05, 0) is 6.42 Å². The second-order valence-electron chi connectivity index (χ2n) is 8.16. The predicted molar refractivity (Wildman–Crippen MR) is 113 cm³/mol. The van der Waals surface area contributed by atoms with Crippen LogP contribution in [0.25, 0.3) is 0 Å². The van der Waals surface area contributed by atoms with Gasteiger partial charge in [0, 0.05) is 64.7 Å². The smallest absolute Gasteiger partial charge is 0.317 e. The van der Waals surface area contributed by atoms with Crippen molar-refractivity contribution in [1.82, 2.24) is 24.9 Å². The molecular formula is C20H33N5O7. The van der Waals surface area contributed by atoms with E-state index in [1.54, 1.807) is 9.80 Å². The highest BCUT2D eigenvalue weighted by molar-refractivity contribution is 6.03. The van der Waals surface area contributed by atoms with E-state index in [2.05, 4.69) is 5.32 Å². The molecule has 0 aliphatic carbocycles. The minimum Gasteiger partial charge on any atom is -0.480 e. The molecule has 0 bridgehead atoms. The molecule has 2 rings (SSSR count). The zero-order valence-electron chi connectivity index (χ0n) is 18.5. The fourth-order valence-electron chi connectivity index (χ4n) is 3.91. The summed E-state index contributed by atoms with van der Waals surface area (Å²) in [6.45, 7) is 4.57. The summed E-state index contributed by atoms with van der Waals surface area (Å²) in [5.74, 6) is -2.88. The first-order valence-electron chi connectivity index (χ1n) is 10.9. The molecule has 2 heterocycles. The van der Waals surface area contributed by atoms with Crippen LogP contribution in [0.3, 0.4) is 0 Å². The highest BCUT2D eigenvalue weighted by Crippen LogP contribution is 2.21. The van der Waals surface area contributed by atoms with Crippen LogP contribution in [0.5, 0.6) is 0 Å². The number of carboxylic acid groups (broad SMARTS) is 2. The van der Waals surface area contributed by atoms with Crippen LogP contribution in [0.4, 0.5) is 0 Å². The Bertz CT molecular complexity index is 688. The van der Waals surface area contributed by atoms with Gasteiger partial charge in [0.1, 0.15) is 0 Å². The molecule has 0 radical (unpaired) electrons. The summed E-state index contributed by atoms with van der Waals surface area (Å²) in [5.41, 5.74) is 0. The number of amides is 3. The van der Waals surface area contributed by atoms with Crippen LogP contribution in [0, 0.1) is 5.92 Å². The number of imide groups is 1. The topological polar surface area (TPSA) is 151 Å². The van der Waals surface area contributed by atoms with Crippen LogP contribution in [0.1, 0.15) is 19.8 Å². The van der Waals surface area contributed by atoms with Gasteiger partial charge in [-0.15, -0.1) is 0 Å². The summed E-state index contributed by atoms with van der Waals surface area (Å²) >= 11 is 0. The molecule has 0 spiro atoms. The Hall–Kier alpha value is -2.57. The van der Waals surface area contributed by atoms with Gasteiger partial charge in [-0.2, -0.15) is 0 Å². The van der Waals surface area contributed by atoms with Crippen LogP contribution >= 0.6 is 0 Å². The van der Waals surface area contributed by atoms with Gasteiger partial charge in [-0.25, -0.2) is 0 Å². The molecule has 3 N–H and O–H groups in total. The van der Waals surface area contributed by atoms with Gasteiger partial charge in [0.25, 0.3) is 0 Å². The van der Waals surface area contributed by atoms with Crippen molar-refractivity contribution in [2.45, 2.75) is 19.8 Å². The third-order valence-electron chi connectivity index (χ3n) is 5.77. The summed E-state index contributed by atoms with van der Waals surface area (Å²) in [5, 5.41) is 20.9. The van der Waals surface area contributed by atoms with Crippen LogP contribution < -0.4 is 5.32 Å². The fourth-order valence-corrected chi connectivity index (χ4v) is 3.91. The van der Waals surface area contributed by atoms with Crippen molar-refractivity contribution < 1.29 is 34.2 Å². The lowest BCUT2D eigenvalue weighted by atomic mass is 10.1. The Morgan fingerprint density at radius 1 is 0.875 bits per heavy atom. The maximum absolute atomic E-state index is 12.4. The van der Waals surface area contributed by atoms with Gasteiger partial charge < -0.3 is 15.5 Å². The Morgan fingerprint density at radius 2 is 1.34 bits per heavy atom. The Balaban J connectivity index is 1.86. The van der Waals surface area contributed by atoms with Crippen molar-refractivity contribution in [1.29, 1.82) is 0 Å². The highest BCUT2D eigenvalue weighted by atomic mass is 16.4. The zero-order valence-corrected chi connectivity index (χ0v) is 18.5. The van der Waals surface area contributed by atoms with Gasteiger partial charge >= 0.3 is 11.9 Å². The molecule has 0 aromatic heterocycles. The summed E-state index contributed by atoms with van der Waals surface area (Å²) < 4.78 is 0. The van der Waals surface area contributed by atoms with Crippen molar-refractivity contribution >= 4 is 29.7 Å².